The Morgan fingerprint density at radius 2 is 1.92 bits per heavy atom. The van der Waals surface area contributed by atoms with Gasteiger partial charge in [0.05, 0.1) is 4.90 Å². The number of carbonyl (C=O) groups is 1. The highest BCUT2D eigenvalue weighted by molar-refractivity contribution is 9.10. The van der Waals surface area contributed by atoms with E-state index in [1.54, 1.807) is 18.2 Å². The largest absolute Gasteiger partial charge is 0.483 e. The summed E-state index contributed by atoms with van der Waals surface area (Å²) < 4.78 is 30.4. The fraction of sp³-hybridized carbons (Fsp3) is 0.235. The van der Waals surface area contributed by atoms with Gasteiger partial charge in [0, 0.05) is 4.47 Å². The maximum absolute atomic E-state index is 12.2. The molecule has 0 fully saturated rings. The van der Waals surface area contributed by atoms with Crippen LogP contribution in [0, 0.1) is 6.92 Å². The zero-order chi connectivity index (χ0) is 18.4. The van der Waals surface area contributed by atoms with Gasteiger partial charge >= 0.3 is 0 Å². The van der Waals surface area contributed by atoms with E-state index in [1.807, 2.05) is 32.0 Å². The van der Waals surface area contributed by atoms with Crippen LogP contribution >= 0.6 is 15.9 Å². The van der Waals surface area contributed by atoms with E-state index in [0.29, 0.717) is 10.2 Å². The van der Waals surface area contributed by atoms with Crippen LogP contribution in [0.3, 0.4) is 0 Å². The predicted octanol–water partition coefficient (Wildman–Crippen LogP) is 2.71. The molecule has 0 saturated heterocycles. The molecule has 2 rings (SSSR count). The lowest BCUT2D eigenvalue weighted by Gasteiger charge is -2.12. The van der Waals surface area contributed by atoms with E-state index in [9.17, 15) is 13.2 Å². The summed E-state index contributed by atoms with van der Waals surface area (Å²) in [6.45, 7) is 3.53. The minimum atomic E-state index is -3.88. The van der Waals surface area contributed by atoms with Crippen molar-refractivity contribution in [2.45, 2.75) is 25.2 Å². The highest BCUT2D eigenvalue weighted by atomic mass is 79.9. The molecule has 0 heterocycles. The van der Waals surface area contributed by atoms with Crippen LogP contribution in [0.1, 0.15) is 18.1 Å². The molecule has 1 amide bonds. The second-order valence-electron chi connectivity index (χ2n) is 5.34. The fourth-order valence-electron chi connectivity index (χ4n) is 2.12. The van der Waals surface area contributed by atoms with Crippen LogP contribution in [0.2, 0.25) is 0 Å². The van der Waals surface area contributed by atoms with E-state index in [4.69, 9.17) is 4.74 Å². The Kier molecular flexibility index (Phi) is 6.57. The van der Waals surface area contributed by atoms with Gasteiger partial charge in [-0.2, -0.15) is 0 Å². The number of sulfonamides is 1. The molecule has 6 nitrogen and oxygen atoms in total. The number of carbonyl (C=O) groups excluding carboxylic acids is 1. The summed E-state index contributed by atoms with van der Waals surface area (Å²) in [6, 6.07) is 12.2. The summed E-state index contributed by atoms with van der Waals surface area (Å²) >= 11 is 3.21. The van der Waals surface area contributed by atoms with E-state index >= 15 is 0 Å². The van der Waals surface area contributed by atoms with Crippen LogP contribution in [0.25, 0.3) is 0 Å². The van der Waals surface area contributed by atoms with Crippen molar-refractivity contribution < 1.29 is 17.9 Å². The molecule has 0 aliphatic heterocycles. The van der Waals surface area contributed by atoms with Gasteiger partial charge < -0.3 is 4.74 Å². The number of amides is 1. The Hall–Kier alpha value is -1.90. The first-order chi connectivity index (χ1) is 11.8. The molecule has 0 unspecified atom stereocenters. The molecule has 2 aromatic rings. The van der Waals surface area contributed by atoms with Crippen LogP contribution < -0.4 is 15.0 Å². The molecule has 0 aliphatic rings. The molecular formula is C17H19BrN2O4S. The Labute approximate surface area is 155 Å². The molecule has 0 spiro atoms. The number of para-hydroxylation sites is 1. The van der Waals surface area contributed by atoms with Gasteiger partial charge in [-0.3, -0.25) is 10.2 Å². The minimum absolute atomic E-state index is 0.0376. The summed E-state index contributed by atoms with van der Waals surface area (Å²) in [4.78, 5) is 14.0. The highest BCUT2D eigenvalue weighted by Crippen LogP contribution is 2.22. The Bertz CT molecular complexity index is 869. The molecular weight excluding hydrogens is 408 g/mol. The van der Waals surface area contributed by atoms with Gasteiger partial charge in [-0.15, -0.1) is 4.83 Å². The molecule has 0 radical (unpaired) electrons. The third-order valence-corrected chi connectivity index (χ3v) is 5.64. The van der Waals surface area contributed by atoms with Gasteiger partial charge in [-0.05, 0) is 58.6 Å². The molecule has 0 aromatic heterocycles. The number of ether oxygens (including phenoxy) is 1. The van der Waals surface area contributed by atoms with Crippen molar-refractivity contribution in [2.75, 3.05) is 6.61 Å². The van der Waals surface area contributed by atoms with E-state index in [0.717, 1.165) is 17.5 Å². The molecule has 0 aliphatic carbocycles. The van der Waals surface area contributed by atoms with E-state index in [2.05, 4.69) is 26.2 Å². The van der Waals surface area contributed by atoms with Crippen molar-refractivity contribution in [3.63, 3.8) is 0 Å². The Morgan fingerprint density at radius 3 is 2.60 bits per heavy atom. The second-order valence-corrected chi connectivity index (χ2v) is 7.84. The van der Waals surface area contributed by atoms with Crippen molar-refractivity contribution in [2.24, 2.45) is 0 Å². The van der Waals surface area contributed by atoms with Gasteiger partial charge in [-0.1, -0.05) is 31.2 Å². The Morgan fingerprint density at radius 1 is 1.20 bits per heavy atom. The van der Waals surface area contributed by atoms with Gasteiger partial charge in [-0.25, -0.2) is 8.42 Å². The third-order valence-electron chi connectivity index (χ3n) is 3.41. The zero-order valence-corrected chi connectivity index (χ0v) is 16.3. The van der Waals surface area contributed by atoms with Crippen LogP contribution in [-0.2, 0) is 21.2 Å². The quantitative estimate of drug-likeness (QED) is 0.666. The van der Waals surface area contributed by atoms with E-state index < -0.39 is 15.9 Å². The third kappa shape index (κ3) is 5.29. The standard InChI is InChI=1S/C17H19BrN2O4S/c1-3-13-6-4-5-7-15(13)24-11-17(21)19-20-25(22,23)16-9-8-12(2)10-14(16)18/h4-10,20H,3,11H2,1-2H3,(H,19,21). The molecule has 0 bridgehead atoms. The van der Waals surface area contributed by atoms with Crippen LogP contribution in [-0.4, -0.2) is 20.9 Å². The Balaban J connectivity index is 1.95. The number of halogens is 1. The molecule has 25 heavy (non-hydrogen) atoms. The molecule has 2 N–H and O–H groups in total. The average molecular weight is 427 g/mol. The van der Waals surface area contributed by atoms with Crippen molar-refractivity contribution in [1.82, 2.24) is 10.3 Å². The van der Waals surface area contributed by atoms with E-state index in [-0.39, 0.29) is 11.5 Å². The summed E-state index contributed by atoms with van der Waals surface area (Å²) in [6.07, 6.45) is 0.770. The minimum Gasteiger partial charge on any atom is -0.483 e. The van der Waals surface area contributed by atoms with Crippen molar-refractivity contribution in [3.05, 3.63) is 58.1 Å². The number of aryl methyl sites for hydroxylation is 2. The van der Waals surface area contributed by atoms with Gasteiger partial charge in [0.2, 0.25) is 0 Å². The summed E-state index contributed by atoms with van der Waals surface area (Å²) in [7, 11) is -3.88. The molecule has 2 aromatic carbocycles. The maximum Gasteiger partial charge on any atom is 0.272 e. The first-order valence-electron chi connectivity index (χ1n) is 7.61. The molecule has 8 heteroatoms. The molecule has 0 atom stereocenters. The van der Waals surface area contributed by atoms with Gasteiger partial charge in [0.25, 0.3) is 15.9 Å². The first-order valence-corrected chi connectivity index (χ1v) is 9.88. The summed E-state index contributed by atoms with van der Waals surface area (Å²) in [5.41, 5.74) is 4.03. The monoisotopic (exact) mass is 426 g/mol. The number of hydrazine groups is 1. The number of rotatable bonds is 7. The lowest BCUT2D eigenvalue weighted by Crippen LogP contribution is -2.43. The normalized spacial score (nSPS) is 11.2. The zero-order valence-electron chi connectivity index (χ0n) is 13.9. The molecule has 134 valence electrons. The van der Waals surface area contributed by atoms with Crippen LogP contribution in [0.5, 0.6) is 5.75 Å². The van der Waals surface area contributed by atoms with E-state index in [1.165, 1.54) is 6.07 Å². The maximum atomic E-state index is 12.2. The predicted molar refractivity (Wildman–Crippen MR) is 98.7 cm³/mol. The summed E-state index contributed by atoms with van der Waals surface area (Å²) in [5.74, 6) is 0.00185. The lowest BCUT2D eigenvalue weighted by molar-refractivity contribution is -0.123. The SMILES string of the molecule is CCc1ccccc1OCC(=O)NNS(=O)(=O)c1ccc(C)cc1Br. The highest BCUT2D eigenvalue weighted by Gasteiger charge is 2.18. The second kappa shape index (κ2) is 8.46. The van der Waals surface area contributed by atoms with Crippen molar-refractivity contribution >= 4 is 31.9 Å². The fourth-order valence-corrected chi connectivity index (χ4v) is 4.17. The topological polar surface area (TPSA) is 84.5 Å². The average Bonchev–Trinajstić information content (AvgIpc) is 2.58. The molecule has 0 saturated carbocycles. The van der Waals surface area contributed by atoms with Crippen molar-refractivity contribution in [3.8, 4) is 5.75 Å². The number of nitrogens with one attached hydrogen (secondary N) is 2. The van der Waals surface area contributed by atoms with Crippen LogP contribution in [0.4, 0.5) is 0 Å². The number of benzene rings is 2. The van der Waals surface area contributed by atoms with Gasteiger partial charge in [0.15, 0.2) is 6.61 Å². The van der Waals surface area contributed by atoms with Crippen LogP contribution in [0.15, 0.2) is 51.8 Å². The number of hydrogen-bond acceptors (Lipinski definition) is 4. The lowest BCUT2D eigenvalue weighted by atomic mass is 10.1. The first kappa shape index (κ1) is 19.4. The van der Waals surface area contributed by atoms with Gasteiger partial charge in [0.1, 0.15) is 5.75 Å². The van der Waals surface area contributed by atoms with Crippen molar-refractivity contribution in [1.29, 1.82) is 0 Å². The summed E-state index contributed by atoms with van der Waals surface area (Å²) in [5, 5.41) is 0. The number of hydrogen-bond donors (Lipinski definition) is 2. The smallest absolute Gasteiger partial charge is 0.272 e.